The summed E-state index contributed by atoms with van der Waals surface area (Å²) in [6.45, 7) is 0. The average molecular weight is 192 g/mol. The second-order valence-electron chi connectivity index (χ2n) is 2.85. The van der Waals surface area contributed by atoms with Gasteiger partial charge in [-0.05, 0) is 12.1 Å². The van der Waals surface area contributed by atoms with Crippen LogP contribution in [-0.4, -0.2) is 11.4 Å². The molecule has 14 heavy (non-hydrogen) atoms. The molecule has 4 nitrogen and oxygen atoms in total. The van der Waals surface area contributed by atoms with Crippen molar-refractivity contribution in [2.75, 3.05) is 0 Å². The van der Waals surface area contributed by atoms with Gasteiger partial charge in [-0.3, -0.25) is 4.79 Å². The van der Waals surface area contributed by atoms with Gasteiger partial charge in [0.2, 0.25) is 5.76 Å². The van der Waals surface area contributed by atoms with E-state index < -0.39 is 0 Å². The van der Waals surface area contributed by atoms with Crippen LogP contribution in [0.5, 0.6) is 5.75 Å². The number of furan rings is 2. The molecule has 0 fully saturated rings. The van der Waals surface area contributed by atoms with Crippen molar-refractivity contribution in [3.05, 3.63) is 41.7 Å². The predicted octanol–water partition coefficient (Wildman–Crippen LogP) is 1.98. The molecule has 72 valence electrons. The maximum Gasteiger partial charge on any atom is 0.208 e. The van der Waals surface area contributed by atoms with E-state index in [1.54, 1.807) is 18.4 Å². The Morgan fingerprint density at radius 1 is 1.43 bits per heavy atom. The first-order valence-corrected chi connectivity index (χ1v) is 4.08. The highest BCUT2D eigenvalue weighted by Gasteiger charge is 2.12. The Balaban J connectivity index is 2.25. The van der Waals surface area contributed by atoms with Crippen molar-refractivity contribution in [2.24, 2.45) is 0 Å². The number of hydrogen-bond acceptors (Lipinski definition) is 4. The number of aldehydes is 1. The molecule has 0 aliphatic rings. The van der Waals surface area contributed by atoms with E-state index in [0.717, 1.165) is 0 Å². The highest BCUT2D eigenvalue weighted by atomic mass is 16.4. The van der Waals surface area contributed by atoms with Gasteiger partial charge in [0.15, 0.2) is 12.0 Å². The smallest absolute Gasteiger partial charge is 0.208 e. The van der Waals surface area contributed by atoms with Gasteiger partial charge in [-0.1, -0.05) is 0 Å². The summed E-state index contributed by atoms with van der Waals surface area (Å²) in [7, 11) is 0. The van der Waals surface area contributed by atoms with Gasteiger partial charge in [0.1, 0.15) is 5.76 Å². The van der Waals surface area contributed by atoms with Gasteiger partial charge in [-0.15, -0.1) is 0 Å². The Hall–Kier alpha value is -1.97. The zero-order chi connectivity index (χ0) is 9.97. The molecule has 0 saturated carbocycles. The van der Waals surface area contributed by atoms with Crippen LogP contribution in [0.1, 0.15) is 21.9 Å². The minimum atomic E-state index is -0.114. The summed E-state index contributed by atoms with van der Waals surface area (Å²) in [6, 6.07) is 3.54. The molecule has 0 aliphatic carbocycles. The molecule has 2 aromatic rings. The standard InChI is InChI=1S/C10H8O4/c11-5-9-10(12)7(6-14-9)4-8-2-1-3-13-8/h1-3,5-6,12H,4H2. The quantitative estimate of drug-likeness (QED) is 0.755. The average Bonchev–Trinajstić information content (AvgIpc) is 2.79. The second kappa shape index (κ2) is 3.41. The number of hydrogen-bond donors (Lipinski definition) is 1. The fourth-order valence-corrected chi connectivity index (χ4v) is 1.21. The third kappa shape index (κ3) is 1.42. The summed E-state index contributed by atoms with van der Waals surface area (Å²) in [5.74, 6) is 0.543. The van der Waals surface area contributed by atoms with Gasteiger partial charge in [-0.2, -0.15) is 0 Å². The van der Waals surface area contributed by atoms with Gasteiger partial charge < -0.3 is 13.9 Å². The van der Waals surface area contributed by atoms with E-state index in [1.165, 1.54) is 6.26 Å². The van der Waals surface area contributed by atoms with Crippen molar-refractivity contribution in [2.45, 2.75) is 6.42 Å². The van der Waals surface area contributed by atoms with Crippen LogP contribution in [0.3, 0.4) is 0 Å². The molecule has 0 aliphatic heterocycles. The molecule has 2 aromatic heterocycles. The Kier molecular flexibility index (Phi) is 2.10. The lowest BCUT2D eigenvalue weighted by atomic mass is 10.2. The van der Waals surface area contributed by atoms with Crippen LogP contribution in [0.15, 0.2) is 33.5 Å². The van der Waals surface area contributed by atoms with Crippen LogP contribution < -0.4 is 0 Å². The first-order valence-electron chi connectivity index (χ1n) is 4.08. The Morgan fingerprint density at radius 2 is 2.29 bits per heavy atom. The second-order valence-corrected chi connectivity index (χ2v) is 2.85. The Bertz CT molecular complexity index is 425. The lowest BCUT2D eigenvalue weighted by Gasteiger charge is -1.93. The molecule has 0 saturated heterocycles. The van der Waals surface area contributed by atoms with E-state index in [0.29, 0.717) is 24.0 Å². The zero-order valence-electron chi connectivity index (χ0n) is 7.27. The predicted molar refractivity (Wildman–Crippen MR) is 47.3 cm³/mol. The van der Waals surface area contributed by atoms with Crippen molar-refractivity contribution in [1.82, 2.24) is 0 Å². The minimum Gasteiger partial charge on any atom is -0.504 e. The molecule has 4 heteroatoms. The SMILES string of the molecule is O=Cc1occ(Cc2ccco2)c1O. The van der Waals surface area contributed by atoms with Crippen molar-refractivity contribution in [3.8, 4) is 5.75 Å². The van der Waals surface area contributed by atoms with Crippen molar-refractivity contribution in [3.63, 3.8) is 0 Å². The van der Waals surface area contributed by atoms with Gasteiger partial charge in [0.05, 0.1) is 12.5 Å². The molecular weight excluding hydrogens is 184 g/mol. The van der Waals surface area contributed by atoms with Crippen LogP contribution in [0.2, 0.25) is 0 Å². The summed E-state index contributed by atoms with van der Waals surface area (Å²) in [5.41, 5.74) is 0.544. The highest BCUT2D eigenvalue weighted by Crippen LogP contribution is 2.25. The summed E-state index contributed by atoms with van der Waals surface area (Å²) in [5, 5.41) is 9.46. The third-order valence-corrected chi connectivity index (χ3v) is 1.92. The molecular formula is C10H8O4. The minimum absolute atomic E-state index is 0.0495. The molecule has 0 bridgehead atoms. The molecule has 0 unspecified atom stereocenters. The summed E-state index contributed by atoms with van der Waals surface area (Å²) >= 11 is 0. The first kappa shape index (κ1) is 8.62. The molecule has 1 N–H and O–H groups in total. The molecule has 0 radical (unpaired) electrons. The first-order chi connectivity index (χ1) is 6.81. The third-order valence-electron chi connectivity index (χ3n) is 1.92. The van der Waals surface area contributed by atoms with E-state index in [2.05, 4.69) is 0 Å². The van der Waals surface area contributed by atoms with Gasteiger partial charge in [0.25, 0.3) is 0 Å². The fraction of sp³-hybridized carbons (Fsp3) is 0.100. The van der Waals surface area contributed by atoms with Crippen LogP contribution in [0, 0.1) is 0 Å². The summed E-state index contributed by atoms with van der Waals surface area (Å²) in [6.07, 6.45) is 3.78. The van der Waals surface area contributed by atoms with Crippen molar-refractivity contribution < 1.29 is 18.7 Å². The van der Waals surface area contributed by atoms with Crippen LogP contribution in [0.4, 0.5) is 0 Å². The number of carbonyl (C=O) groups is 1. The maximum atomic E-state index is 10.4. The lowest BCUT2D eigenvalue weighted by Crippen LogP contribution is -1.83. The summed E-state index contributed by atoms with van der Waals surface area (Å²) in [4.78, 5) is 10.4. The summed E-state index contributed by atoms with van der Waals surface area (Å²) < 4.78 is 9.93. The van der Waals surface area contributed by atoms with Gasteiger partial charge in [-0.25, -0.2) is 0 Å². The highest BCUT2D eigenvalue weighted by molar-refractivity contribution is 5.75. The lowest BCUT2D eigenvalue weighted by molar-refractivity contribution is 0.109. The molecule has 0 aromatic carbocycles. The fourth-order valence-electron chi connectivity index (χ4n) is 1.21. The van der Waals surface area contributed by atoms with Crippen LogP contribution in [-0.2, 0) is 6.42 Å². The van der Waals surface area contributed by atoms with Crippen LogP contribution >= 0.6 is 0 Å². The largest absolute Gasteiger partial charge is 0.504 e. The topological polar surface area (TPSA) is 63.6 Å². The monoisotopic (exact) mass is 192 g/mol. The molecule has 0 atom stereocenters. The van der Waals surface area contributed by atoms with Crippen LogP contribution in [0.25, 0.3) is 0 Å². The van der Waals surface area contributed by atoms with E-state index in [4.69, 9.17) is 8.83 Å². The van der Waals surface area contributed by atoms with E-state index in [1.807, 2.05) is 0 Å². The van der Waals surface area contributed by atoms with E-state index in [9.17, 15) is 9.90 Å². The normalized spacial score (nSPS) is 10.3. The molecule has 2 rings (SSSR count). The molecule has 0 amide bonds. The van der Waals surface area contributed by atoms with Gasteiger partial charge in [0, 0.05) is 12.0 Å². The molecule has 2 heterocycles. The Morgan fingerprint density at radius 3 is 2.86 bits per heavy atom. The number of carbonyl (C=O) groups excluding carboxylic acids is 1. The van der Waals surface area contributed by atoms with E-state index in [-0.39, 0.29) is 11.5 Å². The number of rotatable bonds is 3. The molecule has 0 spiro atoms. The Labute approximate surface area is 79.8 Å². The zero-order valence-corrected chi connectivity index (χ0v) is 7.27. The van der Waals surface area contributed by atoms with E-state index >= 15 is 0 Å². The van der Waals surface area contributed by atoms with Crippen molar-refractivity contribution in [1.29, 1.82) is 0 Å². The number of aromatic hydroxyl groups is 1. The van der Waals surface area contributed by atoms with Gasteiger partial charge >= 0.3 is 0 Å². The maximum absolute atomic E-state index is 10.4. The van der Waals surface area contributed by atoms with Crippen molar-refractivity contribution >= 4 is 6.29 Å².